The topological polar surface area (TPSA) is 21.3 Å². The van der Waals surface area contributed by atoms with Crippen LogP contribution in [0.5, 0.6) is 0 Å². The van der Waals surface area contributed by atoms with E-state index < -0.39 is 0 Å². The van der Waals surface area contributed by atoms with Gasteiger partial charge in [0, 0.05) is 12.0 Å². The lowest BCUT2D eigenvalue weighted by atomic mass is 9.68. The summed E-state index contributed by atoms with van der Waals surface area (Å²) in [7, 11) is 0. The highest BCUT2D eigenvalue weighted by Crippen LogP contribution is 2.49. The molecule has 3 fully saturated rings. The molecular weight excluding hydrogens is 222 g/mol. The molecule has 2 spiro atoms. The molecule has 104 valence electrons. The van der Waals surface area contributed by atoms with E-state index in [0.717, 1.165) is 12.5 Å². The van der Waals surface area contributed by atoms with Crippen LogP contribution in [0.2, 0.25) is 0 Å². The monoisotopic (exact) mass is 251 g/mol. The lowest BCUT2D eigenvalue weighted by Gasteiger charge is -2.53. The number of hydrogen-bond acceptors (Lipinski definition) is 2. The molecule has 2 unspecified atom stereocenters. The van der Waals surface area contributed by atoms with E-state index in [4.69, 9.17) is 4.74 Å². The Morgan fingerprint density at radius 3 is 2.39 bits per heavy atom. The van der Waals surface area contributed by atoms with Crippen LogP contribution in [-0.4, -0.2) is 18.9 Å². The van der Waals surface area contributed by atoms with Gasteiger partial charge in [0.15, 0.2) is 0 Å². The Bertz CT molecular complexity index is 307. The standard InChI is InChI=1S/C16H29NO/c1-13-8-14(2,3)10-16(9-13)17-11-15(12-18-16)6-4-5-7-15/h13,17H,4-12H2,1-3H3. The Morgan fingerprint density at radius 1 is 1.11 bits per heavy atom. The van der Waals surface area contributed by atoms with Gasteiger partial charge in [-0.05, 0) is 43.4 Å². The molecule has 0 aromatic heterocycles. The summed E-state index contributed by atoms with van der Waals surface area (Å²) in [5, 5.41) is 3.83. The maximum atomic E-state index is 6.44. The number of nitrogens with one attached hydrogen (secondary N) is 1. The van der Waals surface area contributed by atoms with Crippen molar-refractivity contribution in [3.8, 4) is 0 Å². The first-order chi connectivity index (χ1) is 8.43. The molecule has 2 atom stereocenters. The van der Waals surface area contributed by atoms with Crippen molar-refractivity contribution in [2.75, 3.05) is 13.2 Å². The third kappa shape index (κ3) is 2.34. The summed E-state index contributed by atoms with van der Waals surface area (Å²) in [5.41, 5.74) is 0.899. The largest absolute Gasteiger partial charge is 0.360 e. The van der Waals surface area contributed by atoms with Crippen LogP contribution >= 0.6 is 0 Å². The molecule has 0 aromatic rings. The highest BCUT2D eigenvalue weighted by Gasteiger charge is 2.49. The summed E-state index contributed by atoms with van der Waals surface area (Å²) < 4.78 is 6.44. The molecular formula is C16H29NO. The molecule has 1 heterocycles. The quantitative estimate of drug-likeness (QED) is 0.708. The maximum Gasteiger partial charge on any atom is 0.120 e. The minimum Gasteiger partial charge on any atom is -0.360 e. The van der Waals surface area contributed by atoms with Crippen LogP contribution in [0.25, 0.3) is 0 Å². The first kappa shape index (κ1) is 12.9. The Kier molecular flexibility index (Phi) is 3.02. The number of hydrogen-bond donors (Lipinski definition) is 1. The van der Waals surface area contributed by atoms with Crippen molar-refractivity contribution < 1.29 is 4.74 Å². The zero-order chi connectivity index (χ0) is 12.9. The van der Waals surface area contributed by atoms with Crippen molar-refractivity contribution >= 4 is 0 Å². The van der Waals surface area contributed by atoms with Gasteiger partial charge >= 0.3 is 0 Å². The molecule has 1 aliphatic heterocycles. The van der Waals surface area contributed by atoms with Gasteiger partial charge in [0.25, 0.3) is 0 Å². The second-order valence-corrected chi connectivity index (χ2v) is 8.20. The zero-order valence-corrected chi connectivity index (χ0v) is 12.3. The molecule has 1 N–H and O–H groups in total. The minimum atomic E-state index is -0.00495. The third-order valence-corrected chi connectivity index (χ3v) is 5.45. The Morgan fingerprint density at radius 2 is 1.83 bits per heavy atom. The molecule has 2 saturated carbocycles. The molecule has 0 aromatic carbocycles. The average Bonchev–Trinajstić information content (AvgIpc) is 2.69. The van der Waals surface area contributed by atoms with Crippen LogP contribution in [0.1, 0.15) is 65.7 Å². The van der Waals surface area contributed by atoms with E-state index in [2.05, 4.69) is 26.1 Å². The maximum absolute atomic E-state index is 6.44. The minimum absolute atomic E-state index is 0.00495. The van der Waals surface area contributed by atoms with Gasteiger partial charge in [-0.1, -0.05) is 33.6 Å². The zero-order valence-electron chi connectivity index (χ0n) is 12.3. The van der Waals surface area contributed by atoms with Gasteiger partial charge < -0.3 is 4.74 Å². The molecule has 18 heavy (non-hydrogen) atoms. The van der Waals surface area contributed by atoms with Crippen LogP contribution in [0, 0.1) is 16.7 Å². The fraction of sp³-hybridized carbons (Fsp3) is 1.00. The van der Waals surface area contributed by atoms with E-state index in [1.54, 1.807) is 0 Å². The molecule has 0 amide bonds. The molecule has 1 saturated heterocycles. The molecule has 0 radical (unpaired) electrons. The fourth-order valence-corrected chi connectivity index (χ4v) is 4.93. The molecule has 2 aliphatic carbocycles. The Hall–Kier alpha value is -0.0800. The van der Waals surface area contributed by atoms with Crippen LogP contribution in [0.15, 0.2) is 0 Å². The van der Waals surface area contributed by atoms with Crippen molar-refractivity contribution in [2.24, 2.45) is 16.7 Å². The molecule has 3 aliphatic rings. The van der Waals surface area contributed by atoms with E-state index in [1.165, 1.54) is 51.5 Å². The second-order valence-electron chi connectivity index (χ2n) is 8.20. The van der Waals surface area contributed by atoms with Crippen molar-refractivity contribution in [1.29, 1.82) is 0 Å². The highest BCUT2D eigenvalue weighted by molar-refractivity contribution is 4.99. The van der Waals surface area contributed by atoms with Gasteiger partial charge in [-0.3, -0.25) is 5.32 Å². The summed E-state index contributed by atoms with van der Waals surface area (Å²) in [6.07, 6.45) is 9.27. The van der Waals surface area contributed by atoms with Crippen molar-refractivity contribution in [1.82, 2.24) is 5.32 Å². The molecule has 3 rings (SSSR count). The van der Waals surface area contributed by atoms with Gasteiger partial charge in [0.1, 0.15) is 5.72 Å². The van der Waals surface area contributed by atoms with E-state index in [9.17, 15) is 0 Å². The fourth-order valence-electron chi connectivity index (χ4n) is 4.93. The first-order valence-corrected chi connectivity index (χ1v) is 7.82. The van der Waals surface area contributed by atoms with Crippen molar-refractivity contribution in [3.63, 3.8) is 0 Å². The summed E-state index contributed by atoms with van der Waals surface area (Å²) in [6.45, 7) is 9.37. The lowest BCUT2D eigenvalue weighted by molar-refractivity contribution is -0.185. The van der Waals surface area contributed by atoms with Gasteiger partial charge in [0.05, 0.1) is 6.61 Å². The van der Waals surface area contributed by atoms with Gasteiger partial charge in [-0.2, -0.15) is 0 Å². The van der Waals surface area contributed by atoms with Crippen LogP contribution < -0.4 is 5.32 Å². The van der Waals surface area contributed by atoms with E-state index in [-0.39, 0.29) is 5.72 Å². The Balaban J connectivity index is 1.70. The SMILES string of the molecule is CC1CC(C)(C)CC2(C1)NCC1(CCCC1)CO2. The van der Waals surface area contributed by atoms with E-state index in [0.29, 0.717) is 10.8 Å². The lowest BCUT2D eigenvalue weighted by Crippen LogP contribution is -2.62. The van der Waals surface area contributed by atoms with Crippen LogP contribution in [0.4, 0.5) is 0 Å². The van der Waals surface area contributed by atoms with Gasteiger partial charge in [0.2, 0.25) is 0 Å². The van der Waals surface area contributed by atoms with Crippen molar-refractivity contribution in [3.05, 3.63) is 0 Å². The van der Waals surface area contributed by atoms with Crippen LogP contribution in [-0.2, 0) is 4.74 Å². The van der Waals surface area contributed by atoms with Crippen LogP contribution in [0.3, 0.4) is 0 Å². The summed E-state index contributed by atoms with van der Waals surface area (Å²) in [5.74, 6) is 0.777. The van der Waals surface area contributed by atoms with Gasteiger partial charge in [-0.25, -0.2) is 0 Å². The summed E-state index contributed by atoms with van der Waals surface area (Å²) in [6, 6.07) is 0. The Labute approximate surface area is 112 Å². The molecule has 2 nitrogen and oxygen atoms in total. The first-order valence-electron chi connectivity index (χ1n) is 7.82. The van der Waals surface area contributed by atoms with E-state index in [1.807, 2.05) is 0 Å². The molecule has 2 heteroatoms. The van der Waals surface area contributed by atoms with Gasteiger partial charge in [-0.15, -0.1) is 0 Å². The number of rotatable bonds is 0. The van der Waals surface area contributed by atoms with Crippen molar-refractivity contribution in [2.45, 2.75) is 71.4 Å². The highest BCUT2D eigenvalue weighted by atomic mass is 16.5. The second kappa shape index (κ2) is 4.21. The molecule has 0 bridgehead atoms. The number of ether oxygens (including phenoxy) is 1. The smallest absolute Gasteiger partial charge is 0.120 e. The predicted molar refractivity (Wildman–Crippen MR) is 74.4 cm³/mol. The normalized spacial score (nSPS) is 42.5. The van der Waals surface area contributed by atoms with E-state index >= 15 is 0 Å². The average molecular weight is 251 g/mol. The predicted octanol–water partition coefficient (Wildman–Crippen LogP) is 3.71. The third-order valence-electron chi connectivity index (χ3n) is 5.45. The summed E-state index contributed by atoms with van der Waals surface area (Å²) in [4.78, 5) is 0. The summed E-state index contributed by atoms with van der Waals surface area (Å²) >= 11 is 0.